The molecule has 1 aromatic carbocycles. The maximum atomic E-state index is 11.7. The van der Waals surface area contributed by atoms with E-state index in [4.69, 9.17) is 11.6 Å². The summed E-state index contributed by atoms with van der Waals surface area (Å²) in [5, 5.41) is 13.1. The van der Waals surface area contributed by atoms with E-state index in [0.717, 1.165) is 11.4 Å². The summed E-state index contributed by atoms with van der Waals surface area (Å²) in [4.78, 5) is 11.7. The summed E-state index contributed by atoms with van der Waals surface area (Å²) in [6, 6.07) is 7.22. The average Bonchev–Trinajstić information content (AvgIpc) is 2.94. The van der Waals surface area contributed by atoms with Crippen LogP contribution in [0.1, 0.15) is 29.0 Å². The van der Waals surface area contributed by atoms with Gasteiger partial charge in [0.25, 0.3) is 5.91 Å². The fraction of sp³-hybridized carbons (Fsp3) is 0.231. The molecule has 3 N–H and O–H groups in total. The highest BCUT2D eigenvalue weighted by Gasteiger charge is 2.11. The molecule has 2 aromatic rings. The fourth-order valence-corrected chi connectivity index (χ4v) is 1.96. The lowest BCUT2D eigenvalue weighted by molar-refractivity contribution is 0.0963. The Morgan fingerprint density at radius 1 is 1.42 bits per heavy atom. The van der Waals surface area contributed by atoms with Gasteiger partial charge < -0.3 is 10.6 Å². The molecule has 0 aliphatic rings. The van der Waals surface area contributed by atoms with Crippen LogP contribution in [-0.2, 0) is 0 Å². The molecule has 100 valence electrons. The minimum Gasteiger partial charge on any atom is -0.377 e. The fourth-order valence-electron chi connectivity index (χ4n) is 1.76. The Balaban J connectivity index is 2.19. The Hall–Kier alpha value is -2.01. The summed E-state index contributed by atoms with van der Waals surface area (Å²) in [5.41, 5.74) is 2.24. The molecule has 1 heterocycles. The minimum absolute atomic E-state index is 0.0567. The van der Waals surface area contributed by atoms with Crippen LogP contribution in [0.3, 0.4) is 0 Å². The molecule has 0 fully saturated rings. The molecule has 2 rings (SSSR count). The van der Waals surface area contributed by atoms with E-state index < -0.39 is 0 Å². The predicted molar refractivity (Wildman–Crippen MR) is 75.5 cm³/mol. The molecule has 0 bridgehead atoms. The number of hydrogen-bond acceptors (Lipinski definition) is 3. The molecule has 0 spiro atoms. The monoisotopic (exact) mass is 278 g/mol. The first kappa shape index (κ1) is 13.4. The number of halogens is 1. The normalized spacial score (nSPS) is 11.9. The lowest BCUT2D eigenvalue weighted by Gasteiger charge is -2.14. The standard InChI is InChI=1S/C13H15ClN4O/c1-8(12-5-6-16-18-12)17-9-3-4-11(14)10(7-9)13(19)15-2/h3-8,17H,1-2H3,(H,15,19)(H,16,18). The van der Waals surface area contributed by atoms with Gasteiger partial charge in [-0.2, -0.15) is 5.10 Å². The van der Waals surface area contributed by atoms with Crippen molar-refractivity contribution in [1.82, 2.24) is 15.5 Å². The maximum absolute atomic E-state index is 11.7. The number of anilines is 1. The van der Waals surface area contributed by atoms with E-state index in [9.17, 15) is 4.79 Å². The van der Waals surface area contributed by atoms with Crippen molar-refractivity contribution in [2.45, 2.75) is 13.0 Å². The van der Waals surface area contributed by atoms with Crippen LogP contribution in [0.15, 0.2) is 30.5 Å². The topological polar surface area (TPSA) is 69.8 Å². The summed E-state index contributed by atoms with van der Waals surface area (Å²) in [6.07, 6.45) is 1.70. The third-order valence-electron chi connectivity index (χ3n) is 2.81. The lowest BCUT2D eigenvalue weighted by Crippen LogP contribution is -2.18. The van der Waals surface area contributed by atoms with Crippen LogP contribution in [0.25, 0.3) is 0 Å². The zero-order valence-electron chi connectivity index (χ0n) is 10.7. The van der Waals surface area contributed by atoms with Gasteiger partial charge >= 0.3 is 0 Å². The zero-order chi connectivity index (χ0) is 13.8. The summed E-state index contributed by atoms with van der Waals surface area (Å²) in [7, 11) is 1.58. The van der Waals surface area contributed by atoms with Gasteiger partial charge in [-0.3, -0.25) is 9.89 Å². The van der Waals surface area contributed by atoms with Crippen LogP contribution < -0.4 is 10.6 Å². The molecular weight excluding hydrogens is 264 g/mol. The van der Waals surface area contributed by atoms with Crippen LogP contribution in [0, 0.1) is 0 Å². The second kappa shape index (κ2) is 5.75. The van der Waals surface area contributed by atoms with Gasteiger partial charge in [-0.15, -0.1) is 0 Å². The Morgan fingerprint density at radius 2 is 2.21 bits per heavy atom. The number of carbonyl (C=O) groups excluding carboxylic acids is 1. The van der Waals surface area contributed by atoms with Crippen molar-refractivity contribution in [2.75, 3.05) is 12.4 Å². The van der Waals surface area contributed by atoms with E-state index in [1.54, 1.807) is 25.4 Å². The number of nitrogens with one attached hydrogen (secondary N) is 3. The highest BCUT2D eigenvalue weighted by Crippen LogP contribution is 2.23. The number of benzene rings is 1. The Bertz CT molecular complexity index is 568. The summed E-state index contributed by atoms with van der Waals surface area (Å²) in [5.74, 6) is -0.206. The van der Waals surface area contributed by atoms with E-state index >= 15 is 0 Å². The minimum atomic E-state index is -0.206. The van der Waals surface area contributed by atoms with E-state index in [0.29, 0.717) is 10.6 Å². The second-order valence-electron chi connectivity index (χ2n) is 4.15. The number of hydrogen-bond donors (Lipinski definition) is 3. The molecule has 6 heteroatoms. The van der Waals surface area contributed by atoms with Gasteiger partial charge in [0.05, 0.1) is 22.3 Å². The molecule has 0 saturated carbocycles. The quantitative estimate of drug-likeness (QED) is 0.805. The first-order valence-corrected chi connectivity index (χ1v) is 6.27. The van der Waals surface area contributed by atoms with Crippen molar-refractivity contribution >= 4 is 23.2 Å². The van der Waals surface area contributed by atoms with E-state index in [-0.39, 0.29) is 11.9 Å². The SMILES string of the molecule is CNC(=O)c1cc(NC(C)c2ccn[nH]2)ccc1Cl. The highest BCUT2D eigenvalue weighted by atomic mass is 35.5. The van der Waals surface area contributed by atoms with Crippen molar-refractivity contribution in [2.24, 2.45) is 0 Å². The molecule has 1 amide bonds. The number of amides is 1. The van der Waals surface area contributed by atoms with Gasteiger partial charge in [0.2, 0.25) is 0 Å². The average molecular weight is 279 g/mol. The molecule has 0 saturated heterocycles. The first-order valence-electron chi connectivity index (χ1n) is 5.89. The molecule has 1 atom stereocenters. The number of nitrogens with zero attached hydrogens (tertiary/aromatic N) is 1. The lowest BCUT2D eigenvalue weighted by atomic mass is 10.1. The van der Waals surface area contributed by atoms with Crippen LogP contribution in [0.5, 0.6) is 0 Å². The summed E-state index contributed by atoms with van der Waals surface area (Å²) >= 11 is 6.00. The molecule has 0 aliphatic carbocycles. The van der Waals surface area contributed by atoms with Crippen molar-refractivity contribution in [3.63, 3.8) is 0 Å². The second-order valence-corrected chi connectivity index (χ2v) is 4.56. The molecule has 0 aliphatic heterocycles. The smallest absolute Gasteiger partial charge is 0.252 e. The van der Waals surface area contributed by atoms with Crippen molar-refractivity contribution in [3.8, 4) is 0 Å². The number of carbonyl (C=O) groups is 1. The predicted octanol–water partition coefficient (Wildman–Crippen LogP) is 2.60. The molecule has 1 unspecified atom stereocenters. The summed E-state index contributed by atoms with van der Waals surface area (Å²) < 4.78 is 0. The molecule has 0 radical (unpaired) electrons. The van der Waals surface area contributed by atoms with Crippen LogP contribution in [-0.4, -0.2) is 23.2 Å². The third kappa shape index (κ3) is 3.06. The molecule has 5 nitrogen and oxygen atoms in total. The van der Waals surface area contributed by atoms with Gasteiger partial charge in [0, 0.05) is 18.9 Å². The van der Waals surface area contributed by atoms with Crippen molar-refractivity contribution in [1.29, 1.82) is 0 Å². The van der Waals surface area contributed by atoms with E-state index in [1.807, 2.05) is 19.1 Å². The molecule has 19 heavy (non-hydrogen) atoms. The highest BCUT2D eigenvalue weighted by molar-refractivity contribution is 6.34. The van der Waals surface area contributed by atoms with Crippen molar-refractivity contribution in [3.05, 3.63) is 46.7 Å². The Morgan fingerprint density at radius 3 is 2.84 bits per heavy atom. The number of aromatic amines is 1. The van der Waals surface area contributed by atoms with Gasteiger partial charge in [-0.05, 0) is 31.2 Å². The first-order chi connectivity index (χ1) is 9.11. The zero-order valence-corrected chi connectivity index (χ0v) is 11.5. The third-order valence-corrected chi connectivity index (χ3v) is 3.14. The largest absolute Gasteiger partial charge is 0.377 e. The van der Waals surface area contributed by atoms with E-state index in [2.05, 4.69) is 20.8 Å². The van der Waals surface area contributed by atoms with Gasteiger partial charge in [0.15, 0.2) is 0 Å². The van der Waals surface area contributed by atoms with E-state index in [1.165, 1.54) is 0 Å². The Labute approximate surface area is 116 Å². The van der Waals surface area contributed by atoms with Gasteiger partial charge in [-0.25, -0.2) is 0 Å². The number of aromatic nitrogens is 2. The number of rotatable bonds is 4. The Kier molecular flexibility index (Phi) is 4.06. The summed E-state index contributed by atoms with van der Waals surface area (Å²) in [6.45, 7) is 2.00. The number of H-pyrrole nitrogens is 1. The maximum Gasteiger partial charge on any atom is 0.252 e. The molecule has 1 aromatic heterocycles. The van der Waals surface area contributed by atoms with Gasteiger partial charge in [-0.1, -0.05) is 11.6 Å². The van der Waals surface area contributed by atoms with Crippen LogP contribution in [0.4, 0.5) is 5.69 Å². The van der Waals surface area contributed by atoms with Crippen LogP contribution in [0.2, 0.25) is 5.02 Å². The van der Waals surface area contributed by atoms with Crippen molar-refractivity contribution < 1.29 is 4.79 Å². The molecular formula is C13H15ClN4O. The van der Waals surface area contributed by atoms with Crippen LogP contribution >= 0.6 is 11.6 Å². The van der Waals surface area contributed by atoms with Gasteiger partial charge in [0.1, 0.15) is 0 Å².